The number of nitrogens with zero attached hydrogens (tertiary/aromatic N) is 2. The second-order valence-corrected chi connectivity index (χ2v) is 11.0. The number of aromatic nitrogens is 1. The summed E-state index contributed by atoms with van der Waals surface area (Å²) in [4.78, 5) is 17.6. The summed E-state index contributed by atoms with van der Waals surface area (Å²) in [6.07, 6.45) is 2.10. The normalized spacial score (nSPS) is 18.4. The van der Waals surface area contributed by atoms with Crippen molar-refractivity contribution in [2.24, 2.45) is 0 Å². The van der Waals surface area contributed by atoms with Crippen molar-refractivity contribution < 1.29 is 13.2 Å². The summed E-state index contributed by atoms with van der Waals surface area (Å²) in [5, 5.41) is 5.11. The van der Waals surface area contributed by atoms with E-state index in [2.05, 4.69) is 10.3 Å². The number of sulfonamides is 1. The molecule has 1 aromatic carbocycles. The van der Waals surface area contributed by atoms with Gasteiger partial charge in [-0.3, -0.25) is 4.79 Å². The minimum absolute atomic E-state index is 0.276. The second-order valence-electron chi connectivity index (χ2n) is 6.94. The SMILES string of the molecule is Cc1ccc(C)c2sc(NC(=O)[C@H]3CCCCN3S(=O)(=O)c3cccs3)nc12. The Balaban J connectivity index is 1.61. The van der Waals surface area contributed by atoms with Crippen molar-refractivity contribution in [3.8, 4) is 0 Å². The van der Waals surface area contributed by atoms with Gasteiger partial charge in [0.15, 0.2) is 5.13 Å². The molecule has 1 aliphatic heterocycles. The average Bonchev–Trinajstić information content (AvgIpc) is 3.35. The van der Waals surface area contributed by atoms with Crippen LogP contribution >= 0.6 is 22.7 Å². The van der Waals surface area contributed by atoms with Crippen molar-refractivity contribution in [1.29, 1.82) is 0 Å². The molecule has 0 radical (unpaired) electrons. The average molecular weight is 436 g/mol. The van der Waals surface area contributed by atoms with Crippen molar-refractivity contribution in [1.82, 2.24) is 9.29 Å². The van der Waals surface area contributed by atoms with Crippen LogP contribution < -0.4 is 5.32 Å². The smallest absolute Gasteiger partial charge is 0.253 e. The number of thiazole rings is 1. The topological polar surface area (TPSA) is 79.4 Å². The number of fused-ring (bicyclic) bond motifs is 1. The fourth-order valence-electron chi connectivity index (χ4n) is 3.48. The number of benzene rings is 1. The molecule has 4 rings (SSSR count). The zero-order valence-corrected chi connectivity index (χ0v) is 18.1. The first kappa shape index (κ1) is 19.5. The highest BCUT2D eigenvalue weighted by Gasteiger charge is 2.38. The number of rotatable bonds is 4. The maximum Gasteiger partial charge on any atom is 0.253 e. The molecule has 1 atom stereocenters. The summed E-state index contributed by atoms with van der Waals surface area (Å²) in [5.41, 5.74) is 3.04. The van der Waals surface area contributed by atoms with Gasteiger partial charge in [-0.05, 0) is 49.3 Å². The van der Waals surface area contributed by atoms with E-state index in [9.17, 15) is 13.2 Å². The Kier molecular flexibility index (Phi) is 5.26. The predicted molar refractivity (Wildman–Crippen MR) is 114 cm³/mol. The molecule has 1 N–H and O–H groups in total. The zero-order valence-electron chi connectivity index (χ0n) is 15.6. The third kappa shape index (κ3) is 3.47. The van der Waals surface area contributed by atoms with Gasteiger partial charge >= 0.3 is 0 Å². The molecule has 148 valence electrons. The predicted octanol–water partition coefficient (Wildman–Crippen LogP) is 4.16. The third-order valence-corrected chi connectivity index (χ3v) is 9.37. The summed E-state index contributed by atoms with van der Waals surface area (Å²) < 4.78 is 28.6. The lowest BCUT2D eigenvalue weighted by atomic mass is 10.0. The number of aryl methyl sites for hydroxylation is 2. The summed E-state index contributed by atoms with van der Waals surface area (Å²) in [6.45, 7) is 4.36. The molecule has 2 aromatic heterocycles. The number of amides is 1. The van der Waals surface area contributed by atoms with Gasteiger partial charge in [0.05, 0.1) is 10.2 Å². The molecule has 28 heavy (non-hydrogen) atoms. The van der Waals surface area contributed by atoms with Crippen molar-refractivity contribution in [2.75, 3.05) is 11.9 Å². The summed E-state index contributed by atoms with van der Waals surface area (Å²) in [7, 11) is -3.67. The van der Waals surface area contributed by atoms with E-state index in [1.807, 2.05) is 26.0 Å². The molecule has 0 bridgehead atoms. The van der Waals surface area contributed by atoms with Gasteiger partial charge in [0.1, 0.15) is 10.3 Å². The minimum atomic E-state index is -3.67. The monoisotopic (exact) mass is 435 g/mol. The Labute approximate surface area is 172 Å². The first-order chi connectivity index (χ1) is 13.4. The van der Waals surface area contributed by atoms with E-state index in [1.165, 1.54) is 27.0 Å². The van der Waals surface area contributed by atoms with Gasteiger partial charge in [0.2, 0.25) is 5.91 Å². The Bertz CT molecular complexity index is 1080. The first-order valence-electron chi connectivity index (χ1n) is 9.11. The Morgan fingerprint density at radius 3 is 2.71 bits per heavy atom. The maximum absolute atomic E-state index is 13.0. The highest BCUT2D eigenvalue weighted by Crippen LogP contribution is 2.32. The van der Waals surface area contributed by atoms with Crippen molar-refractivity contribution in [3.05, 3.63) is 40.8 Å². The van der Waals surface area contributed by atoms with Crippen molar-refractivity contribution >= 4 is 54.0 Å². The van der Waals surface area contributed by atoms with Crippen LogP contribution in [0.25, 0.3) is 10.2 Å². The molecule has 9 heteroatoms. The molecule has 0 saturated carbocycles. The molecule has 1 fully saturated rings. The van der Waals surface area contributed by atoms with Gasteiger partial charge in [0, 0.05) is 6.54 Å². The van der Waals surface area contributed by atoms with Crippen LogP contribution in [0.3, 0.4) is 0 Å². The summed E-state index contributed by atoms with van der Waals surface area (Å²) in [6, 6.07) is 6.64. The molecule has 1 amide bonds. The fraction of sp³-hybridized carbons (Fsp3) is 0.368. The molecule has 0 aliphatic carbocycles. The summed E-state index contributed by atoms with van der Waals surface area (Å²) >= 11 is 2.60. The molecule has 3 heterocycles. The van der Waals surface area contributed by atoms with Crippen LogP contribution in [-0.4, -0.2) is 36.2 Å². The van der Waals surface area contributed by atoms with E-state index in [0.717, 1.165) is 34.2 Å². The number of carbonyl (C=O) groups excluding carboxylic acids is 1. The second kappa shape index (κ2) is 7.55. The molecule has 3 aromatic rings. The molecule has 1 aliphatic rings. The van der Waals surface area contributed by atoms with Crippen LogP contribution in [0.4, 0.5) is 5.13 Å². The number of hydrogen-bond donors (Lipinski definition) is 1. The molecule has 0 unspecified atom stereocenters. The standard InChI is InChI=1S/C19H21N3O3S3/c1-12-8-9-13(2)17-16(12)20-19(27-17)21-18(23)14-6-3-4-10-22(14)28(24,25)15-7-5-11-26-15/h5,7-9,11,14H,3-4,6,10H2,1-2H3,(H,20,21,23)/t14-/m1/s1. The van der Waals surface area contributed by atoms with E-state index >= 15 is 0 Å². The molecular weight excluding hydrogens is 414 g/mol. The lowest BCUT2D eigenvalue weighted by Crippen LogP contribution is -2.49. The Hall–Kier alpha value is -1.81. The lowest BCUT2D eigenvalue weighted by molar-refractivity contribution is -0.120. The van der Waals surface area contributed by atoms with Gasteiger partial charge in [-0.25, -0.2) is 13.4 Å². The van der Waals surface area contributed by atoms with Gasteiger partial charge in [0.25, 0.3) is 10.0 Å². The quantitative estimate of drug-likeness (QED) is 0.667. The lowest BCUT2D eigenvalue weighted by Gasteiger charge is -2.32. The number of hydrogen-bond acceptors (Lipinski definition) is 6. The maximum atomic E-state index is 13.0. The summed E-state index contributed by atoms with van der Waals surface area (Å²) in [5.74, 6) is -0.311. The number of nitrogens with one attached hydrogen (secondary N) is 1. The zero-order chi connectivity index (χ0) is 19.9. The Morgan fingerprint density at radius 2 is 2.00 bits per heavy atom. The van der Waals surface area contributed by atoms with Gasteiger partial charge < -0.3 is 5.32 Å². The van der Waals surface area contributed by atoms with Gasteiger partial charge in [-0.2, -0.15) is 4.31 Å². The molecular formula is C19H21N3O3S3. The van der Waals surface area contributed by atoms with Crippen molar-refractivity contribution in [3.63, 3.8) is 0 Å². The molecule has 0 spiro atoms. The highest BCUT2D eigenvalue weighted by molar-refractivity contribution is 7.91. The largest absolute Gasteiger partial charge is 0.301 e. The number of piperidine rings is 1. The minimum Gasteiger partial charge on any atom is -0.301 e. The molecule has 1 saturated heterocycles. The number of anilines is 1. The van der Waals surface area contributed by atoms with Crippen LogP contribution in [-0.2, 0) is 14.8 Å². The third-order valence-electron chi connectivity index (χ3n) is 4.99. The van der Waals surface area contributed by atoms with E-state index in [-0.39, 0.29) is 10.1 Å². The Morgan fingerprint density at radius 1 is 1.21 bits per heavy atom. The van der Waals surface area contributed by atoms with Crippen LogP contribution in [0.2, 0.25) is 0 Å². The van der Waals surface area contributed by atoms with Gasteiger partial charge in [-0.1, -0.05) is 36.0 Å². The highest BCUT2D eigenvalue weighted by atomic mass is 32.2. The fourth-order valence-corrected chi connectivity index (χ4v) is 7.27. The van der Waals surface area contributed by atoms with Crippen LogP contribution in [0, 0.1) is 13.8 Å². The van der Waals surface area contributed by atoms with Gasteiger partial charge in [-0.15, -0.1) is 11.3 Å². The van der Waals surface area contributed by atoms with E-state index in [4.69, 9.17) is 0 Å². The van der Waals surface area contributed by atoms with Crippen LogP contribution in [0.5, 0.6) is 0 Å². The number of thiophene rings is 1. The van der Waals surface area contributed by atoms with Crippen molar-refractivity contribution in [2.45, 2.75) is 43.4 Å². The van der Waals surface area contributed by atoms with E-state index in [0.29, 0.717) is 18.1 Å². The van der Waals surface area contributed by atoms with Crippen LogP contribution in [0.1, 0.15) is 30.4 Å². The van der Waals surface area contributed by atoms with Crippen LogP contribution in [0.15, 0.2) is 33.9 Å². The molecule has 6 nitrogen and oxygen atoms in total. The van der Waals surface area contributed by atoms with E-state index in [1.54, 1.807) is 17.5 Å². The first-order valence-corrected chi connectivity index (χ1v) is 12.2. The van der Waals surface area contributed by atoms with E-state index < -0.39 is 16.1 Å². The number of carbonyl (C=O) groups is 1.